The van der Waals surface area contributed by atoms with Crippen molar-refractivity contribution in [1.82, 2.24) is 9.97 Å². The molecule has 0 spiro atoms. The number of fused-ring (bicyclic) bond motifs is 2. The minimum Gasteiger partial charge on any atom is -0.450 e. The highest BCUT2D eigenvalue weighted by atomic mass is 16.6. The highest BCUT2D eigenvalue weighted by molar-refractivity contribution is 6.09. The summed E-state index contributed by atoms with van der Waals surface area (Å²) in [7, 11) is 0. The molecule has 1 atom stereocenters. The van der Waals surface area contributed by atoms with Gasteiger partial charge in [0.05, 0.1) is 21.9 Å². The summed E-state index contributed by atoms with van der Waals surface area (Å²) >= 11 is 0. The van der Waals surface area contributed by atoms with Gasteiger partial charge in [-0.3, -0.25) is 24.6 Å². The number of aromatic nitrogens is 2. The predicted octanol–water partition coefficient (Wildman–Crippen LogP) is 3.86. The number of carbonyl (C=O) groups excluding carboxylic acids is 1. The van der Waals surface area contributed by atoms with Gasteiger partial charge in [-0.05, 0) is 60.9 Å². The summed E-state index contributed by atoms with van der Waals surface area (Å²) < 4.78 is 5.94. The number of anilines is 1. The van der Waals surface area contributed by atoms with Gasteiger partial charge in [0.15, 0.2) is 5.43 Å². The first kappa shape index (κ1) is 19.6. The molecular formula is C23H16N4O5. The van der Waals surface area contributed by atoms with Crippen LogP contribution in [0.4, 0.5) is 11.6 Å². The average Bonchev–Trinajstić information content (AvgIpc) is 3.08. The Morgan fingerprint density at radius 1 is 1.03 bits per heavy atom. The Labute approximate surface area is 181 Å². The average molecular weight is 428 g/mol. The molecule has 2 aromatic carbocycles. The van der Waals surface area contributed by atoms with E-state index in [-0.39, 0.29) is 28.4 Å². The molecule has 0 saturated heterocycles. The molecule has 0 bridgehead atoms. The SMILES string of the molecule is Cc1cc2oc3c(c(=O)c2cc1C)C(c1ccc([N+](=O)[O-])cc1)N(c1ncccn1)C3=O. The molecule has 158 valence electrons. The Kier molecular flexibility index (Phi) is 4.33. The quantitative estimate of drug-likeness (QED) is 0.359. The molecule has 3 heterocycles. The maximum absolute atomic E-state index is 13.6. The van der Waals surface area contributed by atoms with Crippen molar-refractivity contribution >= 4 is 28.5 Å². The van der Waals surface area contributed by atoms with Crippen LogP contribution in [0.2, 0.25) is 0 Å². The topological polar surface area (TPSA) is 119 Å². The van der Waals surface area contributed by atoms with Gasteiger partial charge in [0.1, 0.15) is 5.58 Å². The van der Waals surface area contributed by atoms with E-state index < -0.39 is 16.9 Å². The normalized spacial score (nSPS) is 15.2. The van der Waals surface area contributed by atoms with Crippen LogP contribution in [-0.4, -0.2) is 20.8 Å². The summed E-state index contributed by atoms with van der Waals surface area (Å²) in [5.74, 6) is -0.531. The number of amides is 1. The minimum absolute atomic E-state index is 0.0819. The van der Waals surface area contributed by atoms with E-state index in [0.717, 1.165) is 11.1 Å². The molecule has 1 amide bonds. The number of nitrogens with zero attached hydrogens (tertiary/aromatic N) is 4. The van der Waals surface area contributed by atoms with E-state index in [1.54, 1.807) is 18.2 Å². The monoisotopic (exact) mass is 428 g/mol. The van der Waals surface area contributed by atoms with E-state index in [9.17, 15) is 19.7 Å². The third-order valence-corrected chi connectivity index (χ3v) is 5.67. The molecular weight excluding hydrogens is 412 g/mol. The van der Waals surface area contributed by atoms with Crippen LogP contribution in [-0.2, 0) is 0 Å². The van der Waals surface area contributed by atoms with E-state index >= 15 is 0 Å². The van der Waals surface area contributed by atoms with Crippen LogP contribution in [0.1, 0.15) is 38.9 Å². The minimum atomic E-state index is -0.886. The number of nitro groups is 1. The molecule has 1 unspecified atom stereocenters. The van der Waals surface area contributed by atoms with Gasteiger partial charge in [0.25, 0.3) is 11.6 Å². The van der Waals surface area contributed by atoms with Crippen LogP contribution in [0.5, 0.6) is 0 Å². The molecule has 0 radical (unpaired) electrons. The number of nitro benzene ring substituents is 1. The number of hydrogen-bond donors (Lipinski definition) is 0. The summed E-state index contributed by atoms with van der Waals surface area (Å²) in [6.45, 7) is 3.79. The van der Waals surface area contributed by atoms with Gasteiger partial charge >= 0.3 is 0 Å². The summed E-state index contributed by atoms with van der Waals surface area (Å²) in [6.07, 6.45) is 2.98. The van der Waals surface area contributed by atoms with Gasteiger partial charge in [-0.15, -0.1) is 0 Å². The molecule has 4 aromatic rings. The zero-order chi connectivity index (χ0) is 22.6. The lowest BCUT2D eigenvalue weighted by Crippen LogP contribution is -2.31. The third-order valence-electron chi connectivity index (χ3n) is 5.67. The molecule has 9 nitrogen and oxygen atoms in total. The lowest BCUT2D eigenvalue weighted by atomic mass is 9.97. The second-order valence-corrected chi connectivity index (χ2v) is 7.58. The largest absolute Gasteiger partial charge is 0.450 e. The molecule has 1 aliphatic heterocycles. The molecule has 1 aliphatic rings. The fourth-order valence-electron chi connectivity index (χ4n) is 3.94. The highest BCUT2D eigenvalue weighted by Gasteiger charge is 2.45. The molecule has 0 N–H and O–H groups in total. The van der Waals surface area contributed by atoms with Gasteiger partial charge in [-0.2, -0.15) is 0 Å². The Morgan fingerprint density at radius 3 is 2.34 bits per heavy atom. The number of hydrogen-bond acceptors (Lipinski definition) is 7. The van der Waals surface area contributed by atoms with Crippen LogP contribution < -0.4 is 10.3 Å². The first-order chi connectivity index (χ1) is 15.4. The van der Waals surface area contributed by atoms with Crippen molar-refractivity contribution in [2.75, 3.05) is 4.90 Å². The van der Waals surface area contributed by atoms with Gasteiger partial charge in [-0.1, -0.05) is 0 Å². The van der Waals surface area contributed by atoms with Gasteiger partial charge in [0.2, 0.25) is 11.7 Å². The van der Waals surface area contributed by atoms with E-state index in [2.05, 4.69) is 9.97 Å². The summed E-state index contributed by atoms with van der Waals surface area (Å²) in [4.78, 5) is 47.2. The van der Waals surface area contributed by atoms with Crippen LogP contribution in [0, 0.1) is 24.0 Å². The van der Waals surface area contributed by atoms with E-state index in [0.29, 0.717) is 16.5 Å². The van der Waals surface area contributed by atoms with Crippen LogP contribution >= 0.6 is 0 Å². The van der Waals surface area contributed by atoms with Gasteiger partial charge in [0, 0.05) is 24.5 Å². The summed E-state index contributed by atoms with van der Waals surface area (Å²) in [5.41, 5.74) is 2.41. The van der Waals surface area contributed by atoms with Crippen LogP contribution in [0.25, 0.3) is 11.0 Å². The highest BCUT2D eigenvalue weighted by Crippen LogP contribution is 2.40. The Bertz CT molecular complexity index is 1460. The van der Waals surface area contributed by atoms with Gasteiger partial charge in [-0.25, -0.2) is 9.97 Å². The van der Waals surface area contributed by atoms with Crippen molar-refractivity contribution in [3.63, 3.8) is 0 Å². The van der Waals surface area contributed by atoms with Gasteiger partial charge < -0.3 is 4.42 Å². The van der Waals surface area contributed by atoms with Crippen molar-refractivity contribution in [3.05, 3.63) is 103 Å². The van der Waals surface area contributed by atoms with Crippen molar-refractivity contribution in [3.8, 4) is 0 Å². The molecule has 0 saturated carbocycles. The maximum atomic E-state index is 13.6. The van der Waals surface area contributed by atoms with Crippen LogP contribution in [0.15, 0.2) is 64.1 Å². The summed E-state index contributed by atoms with van der Waals surface area (Å²) in [5, 5.41) is 11.4. The van der Waals surface area contributed by atoms with Crippen molar-refractivity contribution in [2.45, 2.75) is 19.9 Å². The van der Waals surface area contributed by atoms with E-state index in [4.69, 9.17) is 4.42 Å². The fourth-order valence-corrected chi connectivity index (χ4v) is 3.94. The van der Waals surface area contributed by atoms with E-state index in [1.807, 2.05) is 13.8 Å². The number of non-ortho nitro benzene ring substituents is 1. The lowest BCUT2D eigenvalue weighted by molar-refractivity contribution is -0.384. The molecule has 32 heavy (non-hydrogen) atoms. The smallest absolute Gasteiger partial charge is 0.297 e. The number of rotatable bonds is 3. The fraction of sp³-hybridized carbons (Fsp3) is 0.130. The molecule has 0 aliphatic carbocycles. The first-order valence-corrected chi connectivity index (χ1v) is 9.79. The first-order valence-electron chi connectivity index (χ1n) is 9.79. The zero-order valence-corrected chi connectivity index (χ0v) is 17.1. The third kappa shape index (κ3) is 2.86. The molecule has 0 fully saturated rings. The predicted molar refractivity (Wildman–Crippen MR) is 116 cm³/mol. The second-order valence-electron chi connectivity index (χ2n) is 7.58. The Balaban J connectivity index is 1.80. The van der Waals surface area contributed by atoms with Crippen molar-refractivity contribution in [2.24, 2.45) is 0 Å². The molecule has 5 rings (SSSR count). The van der Waals surface area contributed by atoms with E-state index in [1.165, 1.54) is 41.6 Å². The Morgan fingerprint density at radius 2 is 1.69 bits per heavy atom. The number of benzene rings is 2. The number of aryl methyl sites for hydroxylation is 2. The second kappa shape index (κ2) is 7.09. The maximum Gasteiger partial charge on any atom is 0.297 e. The molecule has 9 heteroatoms. The Hall–Kier alpha value is -4.40. The lowest BCUT2D eigenvalue weighted by Gasteiger charge is -2.22. The number of carbonyl (C=O) groups is 1. The van der Waals surface area contributed by atoms with Crippen LogP contribution in [0.3, 0.4) is 0 Å². The van der Waals surface area contributed by atoms with Crippen molar-refractivity contribution in [1.29, 1.82) is 0 Å². The summed E-state index contributed by atoms with van der Waals surface area (Å²) in [6, 6.07) is 9.91. The molecule has 2 aromatic heterocycles. The zero-order valence-electron chi connectivity index (χ0n) is 17.1. The standard InChI is InChI=1S/C23H16N4O5/c1-12-10-16-17(11-13(12)2)32-21-18(20(16)28)19(14-4-6-15(7-5-14)27(30)31)26(22(21)29)23-24-8-3-9-25-23/h3-11,19H,1-2H3. The van der Waals surface area contributed by atoms with Crippen molar-refractivity contribution < 1.29 is 14.1 Å².